The number of carbonyl (C=O) groups is 1. The van der Waals surface area contributed by atoms with Gasteiger partial charge in [-0.15, -0.1) is 0 Å². The number of H-pyrrole nitrogens is 1. The summed E-state index contributed by atoms with van der Waals surface area (Å²) < 4.78 is 1.97. The lowest BCUT2D eigenvalue weighted by Gasteiger charge is -2.18. The zero-order valence-corrected chi connectivity index (χ0v) is 12.9. The number of aromatic nitrogens is 3. The molecule has 0 saturated heterocycles. The van der Waals surface area contributed by atoms with Crippen LogP contribution >= 0.6 is 0 Å². The molecule has 2 aromatic heterocycles. The van der Waals surface area contributed by atoms with Crippen molar-refractivity contribution in [2.24, 2.45) is 7.05 Å². The standard InChI is InChI=1S/C16H22N4O/c1-11-12(8-9-19(11)2)16(21)20(3)10-15-13-6-4-5-7-14(13)17-18-15/h8-9H,4-7,10H2,1-3H3,(H,17,18). The fourth-order valence-electron chi connectivity index (χ4n) is 3.02. The first kappa shape index (κ1) is 13.9. The number of aryl methyl sites for hydroxylation is 2. The highest BCUT2D eigenvalue weighted by atomic mass is 16.2. The van der Waals surface area contributed by atoms with E-state index in [1.807, 2.05) is 37.8 Å². The van der Waals surface area contributed by atoms with Gasteiger partial charge < -0.3 is 9.47 Å². The predicted octanol–water partition coefficient (Wildman–Crippen LogP) is 2.21. The number of nitrogens with zero attached hydrogens (tertiary/aromatic N) is 3. The third kappa shape index (κ3) is 2.48. The Morgan fingerprint density at radius 1 is 1.43 bits per heavy atom. The van der Waals surface area contributed by atoms with Crippen LogP contribution in [0.5, 0.6) is 0 Å². The average molecular weight is 286 g/mol. The summed E-state index contributed by atoms with van der Waals surface area (Å²) in [5, 5.41) is 7.55. The Kier molecular flexibility index (Phi) is 3.57. The van der Waals surface area contributed by atoms with E-state index in [1.165, 1.54) is 24.1 Å². The summed E-state index contributed by atoms with van der Waals surface area (Å²) >= 11 is 0. The third-order valence-electron chi connectivity index (χ3n) is 4.49. The number of rotatable bonds is 3. The summed E-state index contributed by atoms with van der Waals surface area (Å²) in [6.45, 7) is 2.54. The lowest BCUT2D eigenvalue weighted by Crippen LogP contribution is -2.27. The van der Waals surface area contributed by atoms with Crippen molar-refractivity contribution < 1.29 is 4.79 Å². The van der Waals surface area contributed by atoms with Crippen LogP contribution in [0.1, 0.15) is 45.8 Å². The van der Waals surface area contributed by atoms with E-state index in [0.29, 0.717) is 6.54 Å². The van der Waals surface area contributed by atoms with E-state index in [4.69, 9.17) is 0 Å². The molecule has 2 aromatic rings. The van der Waals surface area contributed by atoms with Crippen LogP contribution in [0, 0.1) is 6.92 Å². The van der Waals surface area contributed by atoms with Crippen molar-refractivity contribution in [3.63, 3.8) is 0 Å². The van der Waals surface area contributed by atoms with Crippen molar-refractivity contribution in [2.75, 3.05) is 7.05 Å². The minimum atomic E-state index is 0.0562. The second-order valence-electron chi connectivity index (χ2n) is 5.92. The lowest BCUT2D eigenvalue weighted by atomic mass is 9.96. The van der Waals surface area contributed by atoms with Gasteiger partial charge in [0.15, 0.2) is 0 Å². The molecule has 112 valence electrons. The molecule has 1 aliphatic carbocycles. The summed E-state index contributed by atoms with van der Waals surface area (Å²) in [5.41, 5.74) is 5.37. The predicted molar refractivity (Wildman–Crippen MR) is 81.2 cm³/mol. The van der Waals surface area contributed by atoms with Crippen LogP contribution < -0.4 is 0 Å². The number of amides is 1. The molecule has 0 spiro atoms. The summed E-state index contributed by atoms with van der Waals surface area (Å²) in [6.07, 6.45) is 6.53. The Morgan fingerprint density at radius 2 is 2.19 bits per heavy atom. The monoisotopic (exact) mass is 286 g/mol. The number of hydrogen-bond acceptors (Lipinski definition) is 2. The molecule has 1 N–H and O–H groups in total. The van der Waals surface area contributed by atoms with Gasteiger partial charge in [0.1, 0.15) is 0 Å². The van der Waals surface area contributed by atoms with Gasteiger partial charge in [-0.25, -0.2) is 0 Å². The highest BCUT2D eigenvalue weighted by Crippen LogP contribution is 2.23. The molecule has 0 saturated carbocycles. The SMILES string of the molecule is Cc1c(C(=O)N(C)Cc2n[nH]c3c2CCCC3)ccn1C. The molecule has 0 bridgehead atoms. The molecule has 5 nitrogen and oxygen atoms in total. The number of hydrogen-bond donors (Lipinski definition) is 1. The van der Waals surface area contributed by atoms with Gasteiger partial charge >= 0.3 is 0 Å². The average Bonchev–Trinajstić information content (AvgIpc) is 3.04. The number of aromatic amines is 1. The maximum atomic E-state index is 12.5. The molecule has 1 amide bonds. The van der Waals surface area contributed by atoms with Crippen molar-refractivity contribution in [1.82, 2.24) is 19.7 Å². The molecule has 1 aliphatic rings. The van der Waals surface area contributed by atoms with Gasteiger partial charge in [-0.2, -0.15) is 5.10 Å². The topological polar surface area (TPSA) is 53.9 Å². The van der Waals surface area contributed by atoms with Crippen LogP contribution in [-0.4, -0.2) is 32.6 Å². The number of nitrogens with one attached hydrogen (secondary N) is 1. The van der Waals surface area contributed by atoms with Gasteiger partial charge in [0.25, 0.3) is 5.91 Å². The molecular weight excluding hydrogens is 264 g/mol. The Morgan fingerprint density at radius 3 is 2.90 bits per heavy atom. The molecule has 5 heteroatoms. The van der Waals surface area contributed by atoms with Gasteiger partial charge in [0.2, 0.25) is 0 Å². The van der Waals surface area contributed by atoms with E-state index in [0.717, 1.165) is 29.8 Å². The summed E-state index contributed by atoms with van der Waals surface area (Å²) in [7, 11) is 3.80. The van der Waals surface area contributed by atoms with Crippen molar-refractivity contribution in [3.8, 4) is 0 Å². The van der Waals surface area contributed by atoms with E-state index in [1.54, 1.807) is 4.90 Å². The molecule has 3 rings (SSSR count). The molecule has 0 radical (unpaired) electrons. The molecule has 0 aromatic carbocycles. The lowest BCUT2D eigenvalue weighted by molar-refractivity contribution is 0.0782. The smallest absolute Gasteiger partial charge is 0.255 e. The third-order valence-corrected chi connectivity index (χ3v) is 4.49. The molecular formula is C16H22N4O. The first-order valence-corrected chi connectivity index (χ1v) is 7.50. The fraction of sp³-hybridized carbons (Fsp3) is 0.500. The second-order valence-corrected chi connectivity index (χ2v) is 5.92. The van der Waals surface area contributed by atoms with E-state index >= 15 is 0 Å². The molecule has 2 heterocycles. The number of fused-ring (bicyclic) bond motifs is 1. The van der Waals surface area contributed by atoms with Crippen LogP contribution in [0.2, 0.25) is 0 Å². The van der Waals surface area contributed by atoms with Crippen LogP contribution in [0.25, 0.3) is 0 Å². The van der Waals surface area contributed by atoms with E-state index in [2.05, 4.69) is 10.2 Å². The van der Waals surface area contributed by atoms with E-state index in [9.17, 15) is 4.79 Å². The normalized spacial score (nSPS) is 14.0. The van der Waals surface area contributed by atoms with Gasteiger partial charge in [0.05, 0.1) is 17.8 Å². The molecule has 0 fully saturated rings. The fourth-order valence-corrected chi connectivity index (χ4v) is 3.02. The first-order chi connectivity index (χ1) is 10.1. The Bertz CT molecular complexity index is 668. The second kappa shape index (κ2) is 5.39. The maximum Gasteiger partial charge on any atom is 0.255 e. The molecule has 0 unspecified atom stereocenters. The maximum absolute atomic E-state index is 12.5. The zero-order chi connectivity index (χ0) is 15.0. The van der Waals surface area contributed by atoms with Crippen LogP contribution in [-0.2, 0) is 26.4 Å². The zero-order valence-electron chi connectivity index (χ0n) is 12.9. The van der Waals surface area contributed by atoms with Gasteiger partial charge in [-0.3, -0.25) is 9.89 Å². The van der Waals surface area contributed by atoms with Gasteiger partial charge in [-0.05, 0) is 44.2 Å². The Labute approximate surface area is 125 Å². The Hall–Kier alpha value is -2.04. The van der Waals surface area contributed by atoms with Crippen molar-refractivity contribution in [3.05, 3.63) is 40.5 Å². The summed E-state index contributed by atoms with van der Waals surface area (Å²) in [5.74, 6) is 0.0562. The van der Waals surface area contributed by atoms with Crippen molar-refractivity contribution in [1.29, 1.82) is 0 Å². The highest BCUT2D eigenvalue weighted by molar-refractivity contribution is 5.95. The minimum Gasteiger partial charge on any atom is -0.354 e. The van der Waals surface area contributed by atoms with Crippen LogP contribution in [0.4, 0.5) is 0 Å². The van der Waals surface area contributed by atoms with Crippen molar-refractivity contribution in [2.45, 2.75) is 39.2 Å². The van der Waals surface area contributed by atoms with Crippen LogP contribution in [0.3, 0.4) is 0 Å². The van der Waals surface area contributed by atoms with Gasteiger partial charge in [0, 0.05) is 31.7 Å². The van der Waals surface area contributed by atoms with Crippen molar-refractivity contribution >= 4 is 5.91 Å². The van der Waals surface area contributed by atoms with Crippen LogP contribution in [0.15, 0.2) is 12.3 Å². The first-order valence-electron chi connectivity index (χ1n) is 7.50. The Balaban J connectivity index is 1.77. The quantitative estimate of drug-likeness (QED) is 0.940. The molecule has 0 aliphatic heterocycles. The summed E-state index contributed by atoms with van der Waals surface area (Å²) in [6, 6.07) is 1.88. The molecule has 21 heavy (non-hydrogen) atoms. The highest BCUT2D eigenvalue weighted by Gasteiger charge is 2.21. The van der Waals surface area contributed by atoms with E-state index < -0.39 is 0 Å². The van der Waals surface area contributed by atoms with Gasteiger partial charge in [-0.1, -0.05) is 0 Å². The minimum absolute atomic E-state index is 0.0562. The molecule has 0 atom stereocenters. The summed E-state index contributed by atoms with van der Waals surface area (Å²) in [4.78, 5) is 14.3. The largest absolute Gasteiger partial charge is 0.354 e. The number of carbonyl (C=O) groups excluding carboxylic acids is 1. The van der Waals surface area contributed by atoms with E-state index in [-0.39, 0.29) is 5.91 Å².